The van der Waals surface area contributed by atoms with Crippen LogP contribution in [0.2, 0.25) is 0 Å². The highest BCUT2D eigenvalue weighted by molar-refractivity contribution is 5.82. The molecule has 0 radical (unpaired) electrons. The predicted molar refractivity (Wildman–Crippen MR) is 96.1 cm³/mol. The summed E-state index contributed by atoms with van der Waals surface area (Å²) < 4.78 is 7.18. The molecule has 1 aliphatic rings. The number of imidazole rings is 1. The molecular formula is C17H22N6O4. The van der Waals surface area contributed by atoms with Crippen LogP contribution in [-0.4, -0.2) is 61.0 Å². The van der Waals surface area contributed by atoms with Gasteiger partial charge in [-0.1, -0.05) is 19.3 Å². The second kappa shape index (κ2) is 8.30. The molecule has 27 heavy (non-hydrogen) atoms. The fraction of sp³-hybridized carbons (Fsp3) is 0.529. The van der Waals surface area contributed by atoms with Crippen molar-refractivity contribution in [1.82, 2.24) is 24.8 Å². The lowest BCUT2D eigenvalue weighted by Gasteiger charge is -2.16. The number of aliphatic hydroxyl groups excluding tert-OH is 2. The summed E-state index contributed by atoms with van der Waals surface area (Å²) in [6.45, 7) is 2.15. The third kappa shape index (κ3) is 3.85. The standard InChI is InChI=1S/C17H22N6O4/c1-2-3-4-5-6-11-21-15(18)12-16(22-11)23(8-20-12)17-14(26)13(25)10(27-17)7-19-9-24/h8-10,13-14,17,25-26H,2-4,7H2,1H3,(H,19,24)(H2,18,21,22). The van der Waals surface area contributed by atoms with E-state index in [0.29, 0.717) is 17.6 Å². The quantitative estimate of drug-likeness (QED) is 0.295. The van der Waals surface area contributed by atoms with Crippen molar-refractivity contribution in [3.8, 4) is 11.8 Å². The lowest BCUT2D eigenvalue weighted by molar-refractivity contribution is -0.110. The normalized spacial score (nSPS) is 24.6. The Bertz CT molecular complexity index is 873. The number of nitrogen functional groups attached to an aromatic ring is 1. The van der Waals surface area contributed by atoms with Crippen LogP contribution in [0.4, 0.5) is 5.82 Å². The van der Waals surface area contributed by atoms with Gasteiger partial charge in [0.25, 0.3) is 0 Å². The highest BCUT2D eigenvalue weighted by Crippen LogP contribution is 2.31. The number of carbonyl (C=O) groups excluding carboxylic acids is 1. The van der Waals surface area contributed by atoms with E-state index in [1.165, 1.54) is 10.9 Å². The van der Waals surface area contributed by atoms with Crippen LogP contribution in [0.15, 0.2) is 6.33 Å². The zero-order chi connectivity index (χ0) is 19.4. The highest BCUT2D eigenvalue weighted by Gasteiger charge is 2.44. The van der Waals surface area contributed by atoms with E-state index in [0.717, 1.165) is 19.3 Å². The zero-order valence-electron chi connectivity index (χ0n) is 14.9. The average molecular weight is 374 g/mol. The third-order valence-corrected chi connectivity index (χ3v) is 4.32. The molecule has 0 aliphatic carbocycles. The molecule has 3 heterocycles. The largest absolute Gasteiger partial charge is 0.387 e. The number of anilines is 1. The summed E-state index contributed by atoms with van der Waals surface area (Å²) in [6.07, 6.45) is 0.586. The average Bonchev–Trinajstić information content (AvgIpc) is 3.19. The Morgan fingerprint density at radius 2 is 2.22 bits per heavy atom. The molecule has 5 N–H and O–H groups in total. The Morgan fingerprint density at radius 3 is 2.96 bits per heavy atom. The first kappa shape index (κ1) is 19.0. The predicted octanol–water partition coefficient (Wildman–Crippen LogP) is -0.685. The van der Waals surface area contributed by atoms with E-state index >= 15 is 0 Å². The number of unbranched alkanes of at least 4 members (excludes halogenated alkanes) is 2. The van der Waals surface area contributed by atoms with Gasteiger partial charge in [0.15, 0.2) is 17.7 Å². The van der Waals surface area contributed by atoms with Gasteiger partial charge >= 0.3 is 0 Å². The van der Waals surface area contributed by atoms with E-state index in [9.17, 15) is 15.0 Å². The van der Waals surface area contributed by atoms with Gasteiger partial charge < -0.3 is 26.0 Å². The number of hydrogen-bond acceptors (Lipinski definition) is 8. The van der Waals surface area contributed by atoms with E-state index in [2.05, 4.69) is 39.0 Å². The van der Waals surface area contributed by atoms with Crippen molar-refractivity contribution in [3.63, 3.8) is 0 Å². The monoisotopic (exact) mass is 374 g/mol. The van der Waals surface area contributed by atoms with E-state index in [-0.39, 0.29) is 18.2 Å². The lowest BCUT2D eigenvalue weighted by Crippen LogP contribution is -2.37. The summed E-state index contributed by atoms with van der Waals surface area (Å²) in [5.41, 5.74) is 6.66. The molecule has 0 bridgehead atoms. The van der Waals surface area contributed by atoms with Gasteiger partial charge in [-0.3, -0.25) is 9.36 Å². The van der Waals surface area contributed by atoms with E-state index in [4.69, 9.17) is 10.5 Å². The second-order valence-corrected chi connectivity index (χ2v) is 6.23. The van der Waals surface area contributed by atoms with Crippen molar-refractivity contribution < 1.29 is 19.7 Å². The summed E-state index contributed by atoms with van der Waals surface area (Å²) in [5, 5.41) is 22.9. The fourth-order valence-electron chi connectivity index (χ4n) is 2.88. The number of aromatic nitrogens is 4. The summed E-state index contributed by atoms with van der Waals surface area (Å²) in [4.78, 5) is 23.2. The lowest BCUT2D eigenvalue weighted by atomic mass is 10.1. The van der Waals surface area contributed by atoms with E-state index in [1.807, 2.05) is 0 Å². The Labute approximate surface area is 155 Å². The minimum absolute atomic E-state index is 0.0656. The van der Waals surface area contributed by atoms with Gasteiger partial charge in [0.2, 0.25) is 12.2 Å². The first-order valence-electron chi connectivity index (χ1n) is 8.74. The molecule has 144 valence electrons. The number of nitrogens with one attached hydrogen (secondary N) is 1. The molecule has 4 atom stereocenters. The van der Waals surface area contributed by atoms with Crippen LogP contribution in [0.25, 0.3) is 11.2 Å². The smallest absolute Gasteiger partial charge is 0.208 e. The number of ether oxygens (including phenoxy) is 1. The highest BCUT2D eigenvalue weighted by atomic mass is 16.6. The molecule has 3 rings (SSSR count). The maximum atomic E-state index is 10.5. The van der Waals surface area contributed by atoms with Crippen molar-refractivity contribution in [2.45, 2.75) is 50.7 Å². The number of fused-ring (bicyclic) bond motifs is 1. The summed E-state index contributed by atoms with van der Waals surface area (Å²) in [7, 11) is 0. The molecule has 4 unspecified atom stereocenters. The number of aliphatic hydroxyl groups is 2. The van der Waals surface area contributed by atoms with Crippen LogP contribution < -0.4 is 11.1 Å². The Hall–Kier alpha value is -2.74. The van der Waals surface area contributed by atoms with Gasteiger partial charge in [-0.15, -0.1) is 0 Å². The van der Waals surface area contributed by atoms with E-state index < -0.39 is 24.5 Å². The third-order valence-electron chi connectivity index (χ3n) is 4.32. The Morgan fingerprint density at radius 1 is 1.41 bits per heavy atom. The molecule has 2 aromatic heterocycles. The fourth-order valence-corrected chi connectivity index (χ4v) is 2.88. The molecule has 0 spiro atoms. The van der Waals surface area contributed by atoms with Gasteiger partial charge in [-0.05, 0) is 12.3 Å². The molecule has 10 heteroatoms. The first-order valence-corrected chi connectivity index (χ1v) is 8.74. The molecule has 10 nitrogen and oxygen atoms in total. The first-order chi connectivity index (χ1) is 13.1. The topological polar surface area (TPSA) is 148 Å². The second-order valence-electron chi connectivity index (χ2n) is 6.23. The van der Waals surface area contributed by atoms with Gasteiger partial charge in [-0.2, -0.15) is 0 Å². The van der Waals surface area contributed by atoms with Crippen LogP contribution in [-0.2, 0) is 9.53 Å². The van der Waals surface area contributed by atoms with Crippen LogP contribution in [0.5, 0.6) is 0 Å². The maximum Gasteiger partial charge on any atom is 0.208 e. The minimum atomic E-state index is -1.23. The maximum absolute atomic E-state index is 10.5. The van der Waals surface area contributed by atoms with Gasteiger partial charge in [-0.25, -0.2) is 15.0 Å². The van der Waals surface area contributed by atoms with Crippen molar-refractivity contribution in [1.29, 1.82) is 0 Å². The summed E-state index contributed by atoms with van der Waals surface area (Å²) >= 11 is 0. The van der Waals surface area contributed by atoms with Crippen LogP contribution in [0, 0.1) is 11.8 Å². The number of nitrogens with two attached hydrogens (primary N) is 1. The molecule has 1 aliphatic heterocycles. The van der Waals surface area contributed by atoms with E-state index in [1.54, 1.807) is 0 Å². The van der Waals surface area contributed by atoms with Gasteiger partial charge in [0.05, 0.1) is 6.33 Å². The zero-order valence-corrected chi connectivity index (χ0v) is 14.9. The van der Waals surface area contributed by atoms with Crippen LogP contribution >= 0.6 is 0 Å². The number of carbonyl (C=O) groups is 1. The van der Waals surface area contributed by atoms with Gasteiger partial charge in [0, 0.05) is 13.0 Å². The SMILES string of the molecule is CCCCC#Cc1nc(N)c2ncn(C3OC(CNC=O)C(O)C3O)c2n1. The van der Waals surface area contributed by atoms with Crippen molar-refractivity contribution in [2.75, 3.05) is 12.3 Å². The van der Waals surface area contributed by atoms with Gasteiger partial charge in [0.1, 0.15) is 23.8 Å². The van der Waals surface area contributed by atoms with Crippen molar-refractivity contribution in [3.05, 3.63) is 12.2 Å². The van der Waals surface area contributed by atoms with Crippen LogP contribution in [0.1, 0.15) is 38.2 Å². The molecule has 0 saturated carbocycles. The molecule has 1 fully saturated rings. The number of amides is 1. The molecule has 0 aromatic carbocycles. The van der Waals surface area contributed by atoms with Crippen LogP contribution in [0.3, 0.4) is 0 Å². The summed E-state index contributed by atoms with van der Waals surface area (Å²) in [6, 6.07) is 0. The summed E-state index contributed by atoms with van der Waals surface area (Å²) in [5.74, 6) is 6.31. The molecule has 2 aromatic rings. The number of hydrogen-bond donors (Lipinski definition) is 4. The van der Waals surface area contributed by atoms with Crippen molar-refractivity contribution >= 4 is 23.4 Å². The Balaban J connectivity index is 1.91. The minimum Gasteiger partial charge on any atom is -0.387 e. The van der Waals surface area contributed by atoms with Crippen molar-refractivity contribution in [2.24, 2.45) is 0 Å². The Kier molecular flexibility index (Phi) is 5.85. The number of rotatable bonds is 6. The number of nitrogens with zero attached hydrogens (tertiary/aromatic N) is 4. The molecule has 1 amide bonds. The molecule has 1 saturated heterocycles. The molecular weight excluding hydrogens is 352 g/mol.